The first-order valence-corrected chi connectivity index (χ1v) is 3.55. The van der Waals surface area contributed by atoms with Crippen LogP contribution in [0.2, 0.25) is 0 Å². The van der Waals surface area contributed by atoms with Crippen molar-refractivity contribution in [1.29, 1.82) is 0 Å². The van der Waals surface area contributed by atoms with Gasteiger partial charge in [-0.2, -0.15) is 0 Å². The highest BCUT2D eigenvalue weighted by Crippen LogP contribution is 2.04. The lowest BCUT2D eigenvalue weighted by molar-refractivity contribution is 1.19. The predicted molar refractivity (Wildman–Crippen MR) is 46.3 cm³/mol. The summed E-state index contributed by atoms with van der Waals surface area (Å²) in [5.41, 5.74) is 5.98. The maximum absolute atomic E-state index is 10.8. The summed E-state index contributed by atoms with van der Waals surface area (Å²) >= 11 is 4.85. The van der Waals surface area contributed by atoms with Crippen LogP contribution in [0.3, 0.4) is 0 Å². The van der Waals surface area contributed by atoms with Crippen LogP contribution < -0.4 is 11.4 Å². The molecule has 0 saturated heterocycles. The lowest BCUT2D eigenvalue weighted by Gasteiger charge is -1.91. The quantitative estimate of drug-likeness (QED) is 0.428. The molecule has 12 heavy (non-hydrogen) atoms. The van der Waals surface area contributed by atoms with Gasteiger partial charge in [0.25, 0.3) is 0 Å². The van der Waals surface area contributed by atoms with Crippen molar-refractivity contribution in [2.75, 3.05) is 5.73 Å². The SMILES string of the molecule is Nc1nc(=S)c2[nH]c(=O)[nH]c2[nH]1. The van der Waals surface area contributed by atoms with Crippen LogP contribution in [-0.4, -0.2) is 19.9 Å². The summed E-state index contributed by atoms with van der Waals surface area (Å²) < 4.78 is 0.277. The van der Waals surface area contributed by atoms with Gasteiger partial charge < -0.3 is 15.7 Å². The molecule has 0 atom stereocenters. The van der Waals surface area contributed by atoms with Crippen molar-refractivity contribution in [3.05, 3.63) is 15.1 Å². The van der Waals surface area contributed by atoms with E-state index in [-0.39, 0.29) is 16.3 Å². The van der Waals surface area contributed by atoms with Crippen LogP contribution in [0, 0.1) is 4.64 Å². The van der Waals surface area contributed by atoms with E-state index in [1.54, 1.807) is 0 Å². The fourth-order valence-electron chi connectivity index (χ4n) is 0.959. The van der Waals surface area contributed by atoms with Crippen molar-refractivity contribution >= 4 is 29.3 Å². The molecule has 0 fully saturated rings. The van der Waals surface area contributed by atoms with Crippen molar-refractivity contribution in [3.8, 4) is 0 Å². The number of hydrogen-bond donors (Lipinski definition) is 4. The molecule has 2 rings (SSSR count). The zero-order valence-corrected chi connectivity index (χ0v) is 6.66. The van der Waals surface area contributed by atoms with Crippen molar-refractivity contribution in [1.82, 2.24) is 19.9 Å². The van der Waals surface area contributed by atoms with E-state index in [4.69, 9.17) is 18.0 Å². The number of nitrogens with zero attached hydrogens (tertiary/aromatic N) is 1. The maximum atomic E-state index is 10.8. The Kier molecular flexibility index (Phi) is 1.28. The van der Waals surface area contributed by atoms with E-state index in [9.17, 15) is 4.79 Å². The summed E-state index contributed by atoms with van der Waals surface area (Å²) in [5, 5.41) is 0. The number of rotatable bonds is 0. The summed E-state index contributed by atoms with van der Waals surface area (Å²) in [7, 11) is 0. The van der Waals surface area contributed by atoms with Gasteiger partial charge in [-0.25, -0.2) is 9.78 Å². The summed E-state index contributed by atoms with van der Waals surface area (Å²) in [4.78, 5) is 22.2. The number of aromatic amines is 3. The summed E-state index contributed by atoms with van der Waals surface area (Å²) in [5.74, 6) is 0.183. The molecule has 5 N–H and O–H groups in total. The average molecular weight is 183 g/mol. The normalized spacial score (nSPS) is 10.7. The van der Waals surface area contributed by atoms with E-state index in [0.717, 1.165) is 0 Å². The zero-order chi connectivity index (χ0) is 8.72. The maximum Gasteiger partial charge on any atom is 0.325 e. The molecular formula is C5H5N5OS. The Morgan fingerprint density at radius 2 is 2.08 bits per heavy atom. The van der Waals surface area contributed by atoms with Gasteiger partial charge in [0.05, 0.1) is 0 Å². The first-order valence-electron chi connectivity index (χ1n) is 3.14. The van der Waals surface area contributed by atoms with Crippen LogP contribution >= 0.6 is 12.2 Å². The fraction of sp³-hybridized carbons (Fsp3) is 0. The monoisotopic (exact) mass is 183 g/mol. The highest BCUT2D eigenvalue weighted by atomic mass is 32.1. The molecule has 0 unspecified atom stereocenters. The van der Waals surface area contributed by atoms with Gasteiger partial charge in [0.1, 0.15) is 11.2 Å². The molecule has 0 aromatic carbocycles. The van der Waals surface area contributed by atoms with Crippen LogP contribution in [0.1, 0.15) is 0 Å². The predicted octanol–water partition coefficient (Wildman–Crippen LogP) is -0.109. The number of anilines is 1. The van der Waals surface area contributed by atoms with Crippen molar-refractivity contribution < 1.29 is 0 Å². The van der Waals surface area contributed by atoms with Crippen LogP contribution in [0.15, 0.2) is 4.79 Å². The Morgan fingerprint density at radius 3 is 2.83 bits per heavy atom. The number of nitrogens with two attached hydrogens (primary N) is 1. The molecule has 7 heteroatoms. The first kappa shape index (κ1) is 7.04. The molecule has 0 amide bonds. The average Bonchev–Trinajstić information content (AvgIpc) is 2.29. The summed E-state index contributed by atoms with van der Waals surface area (Å²) in [6.45, 7) is 0. The number of imidazole rings is 1. The lowest BCUT2D eigenvalue weighted by atomic mass is 10.6. The Hall–Kier alpha value is -1.63. The number of hydrogen-bond acceptors (Lipinski definition) is 4. The fourth-order valence-corrected chi connectivity index (χ4v) is 1.21. The highest BCUT2D eigenvalue weighted by molar-refractivity contribution is 7.71. The molecule has 2 aromatic heterocycles. The number of nitrogen functional groups attached to an aromatic ring is 1. The largest absolute Gasteiger partial charge is 0.369 e. The van der Waals surface area contributed by atoms with Gasteiger partial charge in [-0.05, 0) is 0 Å². The third-order valence-electron chi connectivity index (χ3n) is 1.42. The van der Waals surface area contributed by atoms with Gasteiger partial charge in [-0.3, -0.25) is 4.98 Å². The molecular weight excluding hydrogens is 178 g/mol. The molecule has 0 spiro atoms. The Labute approximate surface area is 70.8 Å². The molecule has 0 radical (unpaired) electrons. The van der Waals surface area contributed by atoms with Gasteiger partial charge in [-0.15, -0.1) is 0 Å². The van der Waals surface area contributed by atoms with Crippen molar-refractivity contribution in [3.63, 3.8) is 0 Å². The molecule has 62 valence electrons. The number of aromatic nitrogens is 4. The van der Waals surface area contributed by atoms with E-state index in [1.165, 1.54) is 0 Å². The topological polar surface area (TPSA) is 103 Å². The summed E-state index contributed by atoms with van der Waals surface area (Å²) in [6.07, 6.45) is 0. The lowest BCUT2D eigenvalue weighted by Crippen LogP contribution is -1.99. The number of nitrogens with one attached hydrogen (secondary N) is 3. The highest BCUT2D eigenvalue weighted by Gasteiger charge is 2.00. The Bertz CT molecular complexity index is 534. The second-order valence-corrected chi connectivity index (χ2v) is 2.64. The molecule has 0 saturated carbocycles. The third-order valence-corrected chi connectivity index (χ3v) is 1.71. The van der Waals surface area contributed by atoms with Crippen molar-refractivity contribution in [2.45, 2.75) is 0 Å². The van der Waals surface area contributed by atoms with Gasteiger partial charge >= 0.3 is 5.69 Å². The smallest absolute Gasteiger partial charge is 0.325 e. The van der Waals surface area contributed by atoms with Gasteiger partial charge in [0.2, 0.25) is 0 Å². The second-order valence-electron chi connectivity index (χ2n) is 2.26. The van der Waals surface area contributed by atoms with Gasteiger partial charge in [0, 0.05) is 0 Å². The Balaban J connectivity index is 3.08. The molecule has 6 nitrogen and oxygen atoms in total. The standard InChI is InChI=1S/C5H5N5OS/c6-4-8-2-1(3(12)10-4)7-5(11)9-2/h(H5,6,7,8,9,10,11,12). The molecule has 0 aliphatic carbocycles. The minimum Gasteiger partial charge on any atom is -0.369 e. The van der Waals surface area contributed by atoms with Gasteiger partial charge in [-0.1, -0.05) is 12.2 Å². The minimum absolute atomic E-state index is 0.183. The van der Waals surface area contributed by atoms with Crippen molar-refractivity contribution in [2.24, 2.45) is 0 Å². The molecule has 2 heterocycles. The molecule has 2 aromatic rings. The Morgan fingerprint density at radius 1 is 1.33 bits per heavy atom. The van der Waals surface area contributed by atoms with Crippen LogP contribution in [0.5, 0.6) is 0 Å². The first-order chi connectivity index (χ1) is 5.66. The number of fused-ring (bicyclic) bond motifs is 1. The molecule has 0 bridgehead atoms. The van der Waals surface area contributed by atoms with Crippen LogP contribution in [-0.2, 0) is 0 Å². The van der Waals surface area contributed by atoms with E-state index < -0.39 is 0 Å². The zero-order valence-electron chi connectivity index (χ0n) is 5.84. The molecule has 0 aliphatic heterocycles. The van der Waals surface area contributed by atoms with E-state index >= 15 is 0 Å². The van der Waals surface area contributed by atoms with Gasteiger partial charge in [0.15, 0.2) is 10.6 Å². The minimum atomic E-state index is -0.334. The summed E-state index contributed by atoms with van der Waals surface area (Å²) in [6, 6.07) is 0. The van der Waals surface area contributed by atoms with Crippen LogP contribution in [0.4, 0.5) is 5.95 Å². The number of H-pyrrole nitrogens is 3. The van der Waals surface area contributed by atoms with E-state index in [0.29, 0.717) is 11.2 Å². The molecule has 0 aliphatic rings. The van der Waals surface area contributed by atoms with Crippen LogP contribution in [0.25, 0.3) is 11.2 Å². The van der Waals surface area contributed by atoms with E-state index in [1.807, 2.05) is 0 Å². The second kappa shape index (κ2) is 2.18. The van der Waals surface area contributed by atoms with E-state index in [2.05, 4.69) is 19.9 Å². The third kappa shape index (κ3) is 0.909.